The van der Waals surface area contributed by atoms with Gasteiger partial charge >= 0.3 is 6.18 Å². The molecule has 6 nitrogen and oxygen atoms in total. The van der Waals surface area contributed by atoms with E-state index in [1.165, 1.54) is 32.0 Å². The van der Waals surface area contributed by atoms with Crippen molar-refractivity contribution in [3.05, 3.63) is 48.3 Å². The SMILES string of the molecule is C=C(/N=C\P)N/C(C)=C/C(=NC)C(F)(F)F.C=C(/N=C\P)N/C(C)=C/C(=NC)C(F)F.CC.CC.CC.CC. The molecular formula is C26H51F5N6P2. The van der Waals surface area contributed by atoms with E-state index in [9.17, 15) is 22.0 Å². The van der Waals surface area contributed by atoms with Crippen molar-refractivity contribution in [2.75, 3.05) is 14.1 Å². The van der Waals surface area contributed by atoms with Gasteiger partial charge in [0.05, 0.1) is 0 Å². The van der Waals surface area contributed by atoms with Crippen molar-refractivity contribution in [1.29, 1.82) is 0 Å². The Balaban J connectivity index is -0.000000111. The number of nitrogens with zero attached hydrogens (tertiary/aromatic N) is 4. The fourth-order valence-corrected chi connectivity index (χ4v) is 2.06. The number of hydrogen-bond donors (Lipinski definition) is 2. The predicted octanol–water partition coefficient (Wildman–Crippen LogP) is 8.78. The van der Waals surface area contributed by atoms with E-state index >= 15 is 0 Å². The van der Waals surface area contributed by atoms with Gasteiger partial charge in [-0.2, -0.15) is 13.2 Å². The number of halogens is 5. The van der Waals surface area contributed by atoms with Crippen LogP contribution in [0.5, 0.6) is 0 Å². The smallest absolute Gasteiger partial charge is 0.345 e. The Morgan fingerprint density at radius 3 is 1.28 bits per heavy atom. The number of hydrogen-bond acceptors (Lipinski definition) is 6. The third kappa shape index (κ3) is 35.8. The molecule has 0 rings (SSSR count). The molecule has 230 valence electrons. The van der Waals surface area contributed by atoms with Crippen LogP contribution in [0.15, 0.2) is 68.3 Å². The lowest BCUT2D eigenvalue weighted by atomic mass is 10.3. The van der Waals surface area contributed by atoms with Crippen LogP contribution in [0.25, 0.3) is 0 Å². The van der Waals surface area contributed by atoms with Gasteiger partial charge < -0.3 is 10.6 Å². The zero-order chi connectivity index (χ0) is 32.6. The highest BCUT2D eigenvalue weighted by Gasteiger charge is 2.33. The van der Waals surface area contributed by atoms with Crippen molar-refractivity contribution >= 4 is 41.8 Å². The summed E-state index contributed by atoms with van der Waals surface area (Å²) in [4.78, 5) is 14.2. The van der Waals surface area contributed by atoms with Gasteiger partial charge in [0, 0.05) is 37.4 Å². The number of aliphatic imine (C=N–C) groups is 4. The normalized spacial score (nSPS) is 11.8. The molecule has 0 amide bonds. The van der Waals surface area contributed by atoms with Crippen LogP contribution in [0.3, 0.4) is 0 Å². The van der Waals surface area contributed by atoms with Crippen LogP contribution in [0.4, 0.5) is 22.0 Å². The van der Waals surface area contributed by atoms with E-state index in [2.05, 4.69) is 62.2 Å². The fourth-order valence-electron chi connectivity index (χ4n) is 1.70. The Morgan fingerprint density at radius 1 is 0.718 bits per heavy atom. The molecule has 2 N–H and O–H groups in total. The monoisotopic (exact) mass is 604 g/mol. The third-order valence-corrected chi connectivity index (χ3v) is 3.17. The molecule has 0 aromatic carbocycles. The van der Waals surface area contributed by atoms with Crippen LogP contribution in [0.1, 0.15) is 69.2 Å². The largest absolute Gasteiger partial charge is 0.432 e. The van der Waals surface area contributed by atoms with Crippen molar-refractivity contribution in [3.63, 3.8) is 0 Å². The van der Waals surface area contributed by atoms with Gasteiger partial charge in [0.15, 0.2) is 0 Å². The molecule has 0 saturated carbocycles. The average molecular weight is 605 g/mol. The second-order valence-electron chi connectivity index (χ2n) is 5.41. The third-order valence-electron chi connectivity index (χ3n) is 2.87. The van der Waals surface area contributed by atoms with Gasteiger partial charge in [0.1, 0.15) is 23.1 Å². The van der Waals surface area contributed by atoms with Crippen LogP contribution < -0.4 is 10.6 Å². The Kier molecular flexibility index (Phi) is 45.5. The summed E-state index contributed by atoms with van der Waals surface area (Å²) in [5.41, 5.74) is -0.460. The van der Waals surface area contributed by atoms with E-state index in [-0.39, 0.29) is 17.2 Å². The van der Waals surface area contributed by atoms with Crippen molar-refractivity contribution in [3.8, 4) is 0 Å². The minimum absolute atomic E-state index is 0.251. The molecule has 0 radical (unpaired) electrons. The molecular weight excluding hydrogens is 553 g/mol. The Morgan fingerprint density at radius 2 is 1.05 bits per heavy atom. The summed E-state index contributed by atoms with van der Waals surface area (Å²) in [7, 11) is 6.93. The van der Waals surface area contributed by atoms with E-state index in [4.69, 9.17) is 0 Å². The van der Waals surface area contributed by atoms with Gasteiger partial charge in [-0.1, -0.05) is 87.0 Å². The quantitative estimate of drug-likeness (QED) is 0.157. The molecule has 0 aromatic heterocycles. The van der Waals surface area contributed by atoms with Gasteiger partial charge in [0.2, 0.25) is 0 Å². The van der Waals surface area contributed by atoms with Gasteiger partial charge in [-0.25, -0.2) is 18.8 Å². The lowest BCUT2D eigenvalue weighted by Gasteiger charge is -2.09. The maximum atomic E-state index is 12.3. The molecule has 0 aliphatic heterocycles. The molecule has 0 aromatic rings. The fraction of sp³-hybridized carbons (Fsp3) is 0.538. The summed E-state index contributed by atoms with van der Waals surface area (Å²) in [6.07, 6.45) is -4.88. The summed E-state index contributed by atoms with van der Waals surface area (Å²) in [5.74, 6) is 3.51. The number of allylic oxidation sites excluding steroid dienone is 4. The first kappa shape index (κ1) is 49.7. The van der Waals surface area contributed by atoms with Gasteiger partial charge in [-0.15, -0.1) is 0 Å². The van der Waals surface area contributed by atoms with Crippen LogP contribution in [0.2, 0.25) is 0 Å². The van der Waals surface area contributed by atoms with Gasteiger partial charge in [0.25, 0.3) is 6.43 Å². The molecule has 0 bridgehead atoms. The molecule has 0 heterocycles. The maximum absolute atomic E-state index is 12.3. The zero-order valence-electron chi connectivity index (χ0n) is 25.6. The predicted molar refractivity (Wildman–Crippen MR) is 173 cm³/mol. The standard InChI is InChI=1S/C9H13F3N3P.C9H14F2N3P.4C2H6/c1-6(15-7(2)14-5-16)4-8(13-3)9(10,11)12;1-6(14-7(2)13-5-15)4-8(12-3)9(10)11;4*1-2/h4-5,15H,2,16H2,1,3H3;4-5,9,14H,2,15H2,1,3H3;4*1-2H3/b6-4+,13-8?,14-5-;6-4+,12-8?,13-5-;;;;. The molecule has 0 spiro atoms. The molecule has 0 saturated heterocycles. The molecule has 0 fully saturated rings. The van der Waals surface area contributed by atoms with Crippen molar-refractivity contribution in [1.82, 2.24) is 10.6 Å². The number of nitrogens with one attached hydrogen (secondary N) is 2. The summed E-state index contributed by atoms with van der Waals surface area (Å²) in [6.45, 7) is 26.2. The minimum atomic E-state index is -4.46. The first-order chi connectivity index (χ1) is 18.3. The van der Waals surface area contributed by atoms with Crippen LogP contribution in [-0.4, -0.2) is 50.0 Å². The van der Waals surface area contributed by atoms with E-state index in [0.717, 1.165) is 13.1 Å². The van der Waals surface area contributed by atoms with E-state index in [1.54, 1.807) is 6.92 Å². The van der Waals surface area contributed by atoms with Gasteiger partial charge in [-0.3, -0.25) is 9.98 Å². The molecule has 2 unspecified atom stereocenters. The van der Waals surface area contributed by atoms with Crippen LogP contribution in [0, 0.1) is 0 Å². The Bertz CT molecular complexity index is 786. The minimum Gasteiger partial charge on any atom is -0.345 e. The average Bonchev–Trinajstić information content (AvgIpc) is 2.90. The number of rotatable bonds is 9. The second kappa shape index (κ2) is 35.8. The molecule has 2 atom stereocenters. The van der Waals surface area contributed by atoms with Gasteiger partial charge in [-0.05, 0) is 26.0 Å². The Hall–Kier alpha value is -2.25. The highest BCUT2D eigenvalue weighted by atomic mass is 31.0. The highest BCUT2D eigenvalue weighted by Crippen LogP contribution is 2.18. The lowest BCUT2D eigenvalue weighted by Crippen LogP contribution is -2.22. The van der Waals surface area contributed by atoms with Crippen LogP contribution in [-0.2, 0) is 0 Å². The summed E-state index contributed by atoms with van der Waals surface area (Å²) >= 11 is 0. The first-order valence-electron chi connectivity index (χ1n) is 12.4. The topological polar surface area (TPSA) is 73.5 Å². The lowest BCUT2D eigenvalue weighted by molar-refractivity contribution is -0.0578. The second-order valence-corrected chi connectivity index (χ2v) is 6.01. The summed E-state index contributed by atoms with van der Waals surface area (Å²) in [6, 6.07) is 0. The Labute approximate surface area is 238 Å². The highest BCUT2D eigenvalue weighted by molar-refractivity contribution is 7.37. The first-order valence-corrected chi connectivity index (χ1v) is 13.7. The van der Waals surface area contributed by atoms with E-state index in [1.807, 2.05) is 55.4 Å². The van der Waals surface area contributed by atoms with Crippen molar-refractivity contribution in [2.24, 2.45) is 20.0 Å². The molecule has 0 aliphatic rings. The summed E-state index contributed by atoms with van der Waals surface area (Å²) in [5, 5.41) is 5.33. The molecule has 39 heavy (non-hydrogen) atoms. The van der Waals surface area contributed by atoms with Crippen LogP contribution >= 0.6 is 18.5 Å². The zero-order valence-corrected chi connectivity index (χ0v) is 27.9. The van der Waals surface area contributed by atoms with E-state index < -0.39 is 18.3 Å². The van der Waals surface area contributed by atoms with E-state index in [0.29, 0.717) is 11.5 Å². The van der Waals surface area contributed by atoms with Crippen molar-refractivity contribution < 1.29 is 22.0 Å². The maximum Gasteiger partial charge on any atom is 0.432 e. The molecule has 0 aliphatic carbocycles. The number of alkyl halides is 5. The molecule has 13 heteroatoms. The van der Waals surface area contributed by atoms with Crippen molar-refractivity contribution in [2.45, 2.75) is 81.8 Å². The summed E-state index contributed by atoms with van der Waals surface area (Å²) < 4.78 is 61.5.